The van der Waals surface area contributed by atoms with Gasteiger partial charge in [-0.2, -0.15) is 0 Å². The summed E-state index contributed by atoms with van der Waals surface area (Å²) in [6, 6.07) is 12.3. The van der Waals surface area contributed by atoms with Crippen LogP contribution in [0, 0.1) is 10.1 Å². The first-order chi connectivity index (χ1) is 13.2. The summed E-state index contributed by atoms with van der Waals surface area (Å²) in [7, 11) is 3.38. The first-order valence-corrected chi connectivity index (χ1v) is 9.27. The van der Waals surface area contributed by atoms with Crippen LogP contribution in [0.3, 0.4) is 0 Å². The average Bonchev–Trinajstić information content (AvgIpc) is 2.67. The molecule has 2 aromatic carbocycles. The van der Waals surface area contributed by atoms with E-state index in [1.807, 2.05) is 14.0 Å². The molecule has 28 heavy (non-hydrogen) atoms. The largest absolute Gasteiger partial charge is 0.494 e. The summed E-state index contributed by atoms with van der Waals surface area (Å²) in [5, 5.41) is 13.7. The number of carbonyl (C=O) groups is 1. The predicted octanol–water partition coefficient (Wildman–Crippen LogP) is 2.77. The van der Waals surface area contributed by atoms with Crippen molar-refractivity contribution < 1.29 is 19.4 Å². The summed E-state index contributed by atoms with van der Waals surface area (Å²) >= 11 is 0. The standard InChI is InChI=1S/C21H27N3O4/c1-14(2)17-8-6-16(7-9-17)13-23(4)15(3)21(25)22-19-11-10-18(24(26)27)12-20(19)28-5/h6-12,14-15H,13H2,1-5H3,(H,22,25)/p+1/t15-/m0/s1. The fourth-order valence-corrected chi connectivity index (χ4v) is 2.86. The van der Waals surface area contributed by atoms with Gasteiger partial charge in [0.15, 0.2) is 6.04 Å². The number of hydrogen-bond donors (Lipinski definition) is 2. The lowest BCUT2D eigenvalue weighted by Crippen LogP contribution is -3.12. The van der Waals surface area contributed by atoms with E-state index in [0.717, 1.165) is 10.5 Å². The Balaban J connectivity index is 2.04. The molecule has 0 saturated carbocycles. The number of ether oxygens (including phenoxy) is 1. The van der Waals surface area contributed by atoms with Crippen LogP contribution >= 0.6 is 0 Å². The molecule has 2 aromatic rings. The predicted molar refractivity (Wildman–Crippen MR) is 109 cm³/mol. The molecule has 0 spiro atoms. The van der Waals surface area contributed by atoms with E-state index in [-0.39, 0.29) is 23.4 Å². The number of rotatable bonds is 8. The fraction of sp³-hybridized carbons (Fsp3) is 0.381. The zero-order chi connectivity index (χ0) is 20.8. The van der Waals surface area contributed by atoms with Gasteiger partial charge in [0.25, 0.3) is 11.6 Å². The highest BCUT2D eigenvalue weighted by molar-refractivity contribution is 5.95. The summed E-state index contributed by atoms with van der Waals surface area (Å²) in [6.45, 7) is 6.88. The number of nitrogens with zero attached hydrogens (tertiary/aromatic N) is 1. The fourth-order valence-electron chi connectivity index (χ4n) is 2.86. The van der Waals surface area contributed by atoms with Crippen LogP contribution < -0.4 is 15.0 Å². The number of hydrogen-bond acceptors (Lipinski definition) is 4. The highest BCUT2D eigenvalue weighted by Crippen LogP contribution is 2.29. The Morgan fingerprint density at radius 3 is 2.36 bits per heavy atom. The summed E-state index contributed by atoms with van der Waals surface area (Å²) < 4.78 is 5.18. The second-order valence-electron chi connectivity index (χ2n) is 7.27. The van der Waals surface area contributed by atoms with Crippen LogP contribution in [0.1, 0.15) is 37.8 Å². The van der Waals surface area contributed by atoms with Crippen LogP contribution in [-0.4, -0.2) is 31.0 Å². The molecule has 0 heterocycles. The number of non-ortho nitro benzene ring substituents is 1. The summed E-state index contributed by atoms with van der Waals surface area (Å²) in [6.07, 6.45) is 0. The molecule has 1 unspecified atom stereocenters. The summed E-state index contributed by atoms with van der Waals surface area (Å²) in [5.74, 6) is 0.570. The van der Waals surface area contributed by atoms with Gasteiger partial charge < -0.3 is 15.0 Å². The van der Waals surface area contributed by atoms with Gasteiger partial charge in [0.2, 0.25) is 0 Å². The van der Waals surface area contributed by atoms with Gasteiger partial charge in [-0.25, -0.2) is 0 Å². The highest BCUT2D eigenvalue weighted by atomic mass is 16.6. The van der Waals surface area contributed by atoms with E-state index in [4.69, 9.17) is 4.74 Å². The Kier molecular flexibility index (Phi) is 7.12. The Morgan fingerprint density at radius 1 is 1.18 bits per heavy atom. The number of amides is 1. The smallest absolute Gasteiger partial charge is 0.282 e. The molecule has 0 bridgehead atoms. The van der Waals surface area contributed by atoms with Crippen LogP contribution in [0.2, 0.25) is 0 Å². The number of nitro benzene ring substituents is 1. The van der Waals surface area contributed by atoms with E-state index in [1.54, 1.807) is 0 Å². The van der Waals surface area contributed by atoms with Crippen molar-refractivity contribution >= 4 is 17.3 Å². The van der Waals surface area contributed by atoms with Crippen LogP contribution in [0.5, 0.6) is 5.75 Å². The number of likely N-dealkylation sites (N-methyl/N-ethyl adjacent to an activating group) is 1. The molecule has 0 aliphatic rings. The molecule has 0 radical (unpaired) electrons. The molecular weight excluding hydrogens is 358 g/mol. The van der Waals surface area contributed by atoms with E-state index in [1.165, 1.54) is 30.9 Å². The van der Waals surface area contributed by atoms with Gasteiger partial charge in [0, 0.05) is 11.6 Å². The average molecular weight is 386 g/mol. The maximum Gasteiger partial charge on any atom is 0.282 e. The Morgan fingerprint density at radius 2 is 1.82 bits per heavy atom. The highest BCUT2D eigenvalue weighted by Gasteiger charge is 2.23. The molecule has 0 aromatic heterocycles. The molecule has 2 N–H and O–H groups in total. The second kappa shape index (κ2) is 9.32. The second-order valence-corrected chi connectivity index (χ2v) is 7.27. The van der Waals surface area contributed by atoms with Gasteiger partial charge in [-0.3, -0.25) is 14.9 Å². The van der Waals surface area contributed by atoms with Crippen molar-refractivity contribution in [2.24, 2.45) is 0 Å². The molecule has 2 atom stereocenters. The molecule has 0 aliphatic heterocycles. The van der Waals surface area contributed by atoms with Crippen LogP contribution in [-0.2, 0) is 11.3 Å². The topological polar surface area (TPSA) is 85.9 Å². The van der Waals surface area contributed by atoms with Crippen molar-refractivity contribution in [3.63, 3.8) is 0 Å². The minimum atomic E-state index is -0.501. The van der Waals surface area contributed by atoms with Crippen LogP contribution in [0.15, 0.2) is 42.5 Å². The maximum atomic E-state index is 12.7. The van der Waals surface area contributed by atoms with Crippen molar-refractivity contribution in [2.75, 3.05) is 19.5 Å². The molecule has 0 fully saturated rings. The van der Waals surface area contributed by atoms with Crippen molar-refractivity contribution in [1.82, 2.24) is 0 Å². The molecule has 2 rings (SSSR count). The van der Waals surface area contributed by atoms with Crippen molar-refractivity contribution in [3.8, 4) is 5.75 Å². The van der Waals surface area contributed by atoms with Gasteiger partial charge in [0.05, 0.1) is 30.8 Å². The zero-order valence-corrected chi connectivity index (χ0v) is 17.0. The number of nitro groups is 1. The Hall–Kier alpha value is -2.93. The van der Waals surface area contributed by atoms with Crippen LogP contribution in [0.25, 0.3) is 0 Å². The van der Waals surface area contributed by atoms with E-state index < -0.39 is 4.92 Å². The Labute approximate surface area is 165 Å². The third-order valence-corrected chi connectivity index (χ3v) is 4.92. The first-order valence-electron chi connectivity index (χ1n) is 9.27. The zero-order valence-electron chi connectivity index (χ0n) is 17.0. The van der Waals surface area contributed by atoms with Crippen molar-refractivity contribution in [1.29, 1.82) is 0 Å². The third kappa shape index (κ3) is 5.29. The molecule has 7 heteroatoms. The number of benzene rings is 2. The normalized spacial score (nSPS) is 13.1. The van der Waals surface area contributed by atoms with Gasteiger partial charge in [-0.1, -0.05) is 38.1 Å². The van der Waals surface area contributed by atoms with Gasteiger partial charge in [0.1, 0.15) is 12.3 Å². The van der Waals surface area contributed by atoms with E-state index in [2.05, 4.69) is 43.4 Å². The lowest BCUT2D eigenvalue weighted by molar-refractivity contribution is -0.907. The Bertz CT molecular complexity index is 834. The number of methoxy groups -OCH3 is 1. The van der Waals surface area contributed by atoms with Gasteiger partial charge in [-0.15, -0.1) is 0 Å². The lowest BCUT2D eigenvalue weighted by atomic mass is 10.0. The number of nitrogens with one attached hydrogen (secondary N) is 2. The number of anilines is 1. The van der Waals surface area contributed by atoms with E-state index >= 15 is 0 Å². The SMILES string of the molecule is COc1cc([N+](=O)[O-])ccc1NC(=O)[C@H](C)[NH+](C)Cc1ccc(C(C)C)cc1. The molecule has 7 nitrogen and oxygen atoms in total. The minimum Gasteiger partial charge on any atom is -0.494 e. The molecule has 0 aliphatic carbocycles. The van der Waals surface area contributed by atoms with Crippen molar-refractivity contribution in [3.05, 3.63) is 63.7 Å². The van der Waals surface area contributed by atoms with Crippen molar-refractivity contribution in [2.45, 2.75) is 39.3 Å². The van der Waals surface area contributed by atoms with Crippen LogP contribution in [0.4, 0.5) is 11.4 Å². The van der Waals surface area contributed by atoms with Gasteiger partial charge in [-0.05, 0) is 24.5 Å². The molecular formula is C21H28N3O4+. The number of carbonyl (C=O) groups excluding carboxylic acids is 1. The maximum absolute atomic E-state index is 12.7. The molecule has 150 valence electrons. The lowest BCUT2D eigenvalue weighted by Gasteiger charge is -2.22. The molecule has 1 amide bonds. The van der Waals surface area contributed by atoms with Gasteiger partial charge >= 0.3 is 0 Å². The third-order valence-electron chi connectivity index (χ3n) is 4.92. The van der Waals surface area contributed by atoms with E-state index in [9.17, 15) is 14.9 Å². The quantitative estimate of drug-likeness (QED) is 0.540. The number of quaternary nitrogens is 1. The van der Waals surface area contributed by atoms with E-state index in [0.29, 0.717) is 18.2 Å². The first kappa shape index (κ1) is 21.4. The summed E-state index contributed by atoms with van der Waals surface area (Å²) in [4.78, 5) is 24.1. The molecule has 0 saturated heterocycles. The summed E-state index contributed by atoms with van der Waals surface area (Å²) in [5.41, 5.74) is 2.78. The monoisotopic (exact) mass is 386 g/mol. The minimum absolute atomic E-state index is 0.0875.